The number of carboxylic acid groups (broad SMARTS) is 1. The molecule has 9 nitrogen and oxygen atoms in total. The Labute approximate surface area is 267 Å². The predicted octanol–water partition coefficient (Wildman–Crippen LogP) is 6.09. The van der Waals surface area contributed by atoms with E-state index < -0.39 is 12.3 Å². The zero-order chi connectivity index (χ0) is 31.6. The van der Waals surface area contributed by atoms with Gasteiger partial charge in [0.25, 0.3) is 0 Å². The first-order valence-electron chi connectivity index (χ1n) is 15.0. The number of aliphatic hydroxyl groups excluding tert-OH is 1. The number of aliphatic hydroxyl groups is 1. The van der Waals surface area contributed by atoms with Gasteiger partial charge in [-0.1, -0.05) is 79.3 Å². The molecule has 0 aliphatic carbocycles. The minimum atomic E-state index is -0.903. The summed E-state index contributed by atoms with van der Waals surface area (Å²) in [7, 11) is 0. The summed E-state index contributed by atoms with van der Waals surface area (Å²) < 4.78 is 13.3. The Morgan fingerprint density at radius 1 is 0.867 bits per heavy atom. The highest BCUT2D eigenvalue weighted by Crippen LogP contribution is 2.43. The lowest BCUT2D eigenvalue weighted by Crippen LogP contribution is -2.38. The number of rotatable bonds is 13. The SMILES string of the molecule is C[C@@H]1[C@H](CSc2ncccn2)O[C@H](c2cccc(-c3cccc(CNC(=O)CCCC(=O)O)c3)c2)O[C@@H]1c1ccc(CO)cc1. The molecule has 1 aliphatic rings. The first-order valence-corrected chi connectivity index (χ1v) is 16.0. The smallest absolute Gasteiger partial charge is 0.303 e. The number of nitrogens with one attached hydrogen (secondary N) is 1. The van der Waals surface area contributed by atoms with Crippen molar-refractivity contribution in [3.63, 3.8) is 0 Å². The Morgan fingerprint density at radius 2 is 1.60 bits per heavy atom. The van der Waals surface area contributed by atoms with Crippen molar-refractivity contribution in [2.24, 2.45) is 5.92 Å². The van der Waals surface area contributed by atoms with Gasteiger partial charge in [-0.05, 0) is 52.4 Å². The van der Waals surface area contributed by atoms with Gasteiger partial charge in [-0.15, -0.1) is 0 Å². The number of hydrogen-bond acceptors (Lipinski definition) is 8. The summed E-state index contributed by atoms with van der Waals surface area (Å²) in [6.45, 7) is 2.47. The number of aromatic nitrogens is 2. The maximum atomic E-state index is 12.2. The fourth-order valence-corrected chi connectivity index (χ4v) is 6.21. The number of aliphatic carboxylic acids is 1. The van der Waals surface area contributed by atoms with Gasteiger partial charge in [0.2, 0.25) is 5.91 Å². The predicted molar refractivity (Wildman–Crippen MR) is 171 cm³/mol. The molecule has 1 aliphatic heterocycles. The molecule has 1 amide bonds. The maximum absolute atomic E-state index is 12.2. The molecule has 2 heterocycles. The van der Waals surface area contributed by atoms with Crippen LogP contribution in [0.2, 0.25) is 0 Å². The number of benzene rings is 3. The molecule has 0 saturated carbocycles. The topological polar surface area (TPSA) is 131 Å². The Kier molecular flexibility index (Phi) is 11.3. The van der Waals surface area contributed by atoms with Crippen LogP contribution in [0.5, 0.6) is 0 Å². The molecule has 1 fully saturated rings. The number of hydrogen-bond donors (Lipinski definition) is 3. The van der Waals surface area contributed by atoms with Crippen LogP contribution < -0.4 is 5.32 Å². The lowest BCUT2D eigenvalue weighted by molar-refractivity contribution is -0.268. The van der Waals surface area contributed by atoms with Crippen LogP contribution in [0.25, 0.3) is 11.1 Å². The zero-order valence-electron chi connectivity index (χ0n) is 25.0. The number of amides is 1. The third kappa shape index (κ3) is 8.98. The van der Waals surface area contributed by atoms with Crippen molar-refractivity contribution in [1.29, 1.82) is 0 Å². The molecule has 3 N–H and O–H groups in total. The highest BCUT2D eigenvalue weighted by molar-refractivity contribution is 7.99. The first kappa shape index (κ1) is 32.3. The second-order valence-electron chi connectivity index (χ2n) is 11.0. The van der Waals surface area contributed by atoms with Crippen LogP contribution in [0.3, 0.4) is 0 Å². The van der Waals surface area contributed by atoms with Gasteiger partial charge in [0.15, 0.2) is 11.4 Å². The van der Waals surface area contributed by atoms with E-state index in [9.17, 15) is 14.7 Å². The van der Waals surface area contributed by atoms with Crippen molar-refractivity contribution >= 4 is 23.6 Å². The summed E-state index contributed by atoms with van der Waals surface area (Å²) in [4.78, 5) is 31.6. The van der Waals surface area contributed by atoms with E-state index in [1.165, 1.54) is 0 Å². The summed E-state index contributed by atoms with van der Waals surface area (Å²) in [5.41, 5.74) is 5.67. The van der Waals surface area contributed by atoms with Crippen molar-refractivity contribution in [2.45, 2.75) is 63.0 Å². The van der Waals surface area contributed by atoms with Gasteiger partial charge >= 0.3 is 5.97 Å². The molecule has 3 aromatic carbocycles. The fourth-order valence-electron chi connectivity index (χ4n) is 5.24. The number of carbonyl (C=O) groups excluding carboxylic acids is 1. The Morgan fingerprint density at radius 3 is 2.33 bits per heavy atom. The van der Waals surface area contributed by atoms with Gasteiger partial charge in [-0.25, -0.2) is 9.97 Å². The first-order chi connectivity index (χ1) is 21.9. The van der Waals surface area contributed by atoms with Crippen LogP contribution in [-0.2, 0) is 32.2 Å². The quantitative estimate of drug-likeness (QED) is 0.119. The van der Waals surface area contributed by atoms with Gasteiger partial charge in [0.1, 0.15) is 0 Å². The molecular weight excluding hydrogens is 590 g/mol. The molecule has 0 unspecified atom stereocenters. The van der Waals surface area contributed by atoms with E-state index in [0.717, 1.165) is 33.4 Å². The lowest BCUT2D eigenvalue weighted by atomic mass is 9.91. The molecule has 4 atom stereocenters. The standard InChI is InChI=1S/C35H37N3O6S/c1-23-30(22-45-35-36-16-5-17-37-35)43-34(44-33(23)26-14-12-24(21-39)13-15-26)29-9-3-8-28(19-29)27-7-2-6-25(18-27)20-38-31(40)10-4-11-32(41)42/h2-3,5-9,12-19,23,30,33-34,39H,4,10-11,20-22H2,1H3,(H,38,40)(H,41,42)/t23-,30+,33+,34+/m1/s1. The molecule has 1 aromatic heterocycles. The van der Waals surface area contributed by atoms with E-state index >= 15 is 0 Å². The van der Waals surface area contributed by atoms with E-state index in [1.807, 2.05) is 66.7 Å². The maximum Gasteiger partial charge on any atom is 0.303 e. The van der Waals surface area contributed by atoms with E-state index in [1.54, 1.807) is 30.2 Å². The molecule has 4 aromatic rings. The second-order valence-corrected chi connectivity index (χ2v) is 12.0. The Bertz CT molecular complexity index is 1570. The minimum Gasteiger partial charge on any atom is -0.481 e. The van der Waals surface area contributed by atoms with Crippen molar-refractivity contribution in [1.82, 2.24) is 15.3 Å². The molecule has 0 radical (unpaired) electrons. The molecule has 1 saturated heterocycles. The molecule has 10 heteroatoms. The Hall–Kier alpha value is -4.09. The zero-order valence-corrected chi connectivity index (χ0v) is 25.9. The monoisotopic (exact) mass is 627 g/mol. The molecule has 45 heavy (non-hydrogen) atoms. The fraction of sp³-hybridized carbons (Fsp3) is 0.314. The summed E-state index contributed by atoms with van der Waals surface area (Å²) >= 11 is 1.55. The highest BCUT2D eigenvalue weighted by atomic mass is 32.2. The van der Waals surface area contributed by atoms with Crippen LogP contribution in [0.15, 0.2) is 96.4 Å². The average Bonchev–Trinajstić information content (AvgIpc) is 3.07. The van der Waals surface area contributed by atoms with Crippen molar-refractivity contribution in [3.8, 4) is 11.1 Å². The normalized spacial score (nSPS) is 19.6. The Balaban J connectivity index is 1.33. The number of thioether (sulfide) groups is 1. The van der Waals surface area contributed by atoms with Crippen LogP contribution in [-0.4, -0.2) is 43.9 Å². The van der Waals surface area contributed by atoms with Crippen molar-refractivity contribution in [3.05, 3.63) is 114 Å². The lowest BCUT2D eigenvalue weighted by Gasteiger charge is -2.41. The van der Waals surface area contributed by atoms with Gasteiger partial charge in [-0.2, -0.15) is 0 Å². The second kappa shape index (κ2) is 15.8. The molecular formula is C35H37N3O6S. The highest BCUT2D eigenvalue weighted by Gasteiger charge is 2.38. The summed E-state index contributed by atoms with van der Waals surface area (Å²) in [5.74, 6) is -0.382. The van der Waals surface area contributed by atoms with Crippen LogP contribution in [0.4, 0.5) is 0 Å². The average molecular weight is 628 g/mol. The van der Waals surface area contributed by atoms with Crippen LogP contribution in [0, 0.1) is 5.92 Å². The third-order valence-electron chi connectivity index (χ3n) is 7.75. The van der Waals surface area contributed by atoms with Gasteiger partial charge in [-0.3, -0.25) is 9.59 Å². The van der Waals surface area contributed by atoms with Gasteiger partial charge in [0, 0.05) is 49.0 Å². The van der Waals surface area contributed by atoms with E-state index in [-0.39, 0.29) is 43.5 Å². The van der Waals surface area contributed by atoms with Crippen molar-refractivity contribution < 1.29 is 29.3 Å². The number of ether oxygens (including phenoxy) is 2. The molecule has 0 spiro atoms. The number of carboxylic acids is 1. The van der Waals surface area contributed by atoms with Crippen LogP contribution in [0.1, 0.15) is 60.8 Å². The number of nitrogens with zero attached hydrogens (tertiary/aromatic N) is 2. The summed E-state index contributed by atoms with van der Waals surface area (Å²) in [5, 5.41) is 21.9. The molecule has 5 rings (SSSR count). The van der Waals surface area contributed by atoms with Gasteiger partial charge in [0.05, 0.1) is 18.8 Å². The number of carbonyl (C=O) groups is 2. The summed E-state index contributed by atoms with van der Waals surface area (Å²) in [6.07, 6.45) is 2.94. The molecule has 0 bridgehead atoms. The van der Waals surface area contributed by atoms with E-state index in [4.69, 9.17) is 14.6 Å². The minimum absolute atomic E-state index is 0.0173. The third-order valence-corrected chi connectivity index (χ3v) is 8.71. The van der Waals surface area contributed by atoms with Gasteiger partial charge < -0.3 is 25.0 Å². The van der Waals surface area contributed by atoms with E-state index in [0.29, 0.717) is 23.9 Å². The molecule has 234 valence electrons. The van der Waals surface area contributed by atoms with Crippen molar-refractivity contribution in [2.75, 3.05) is 5.75 Å². The summed E-state index contributed by atoms with van der Waals surface area (Å²) in [6, 6.07) is 25.7. The largest absolute Gasteiger partial charge is 0.481 e. The van der Waals surface area contributed by atoms with Crippen LogP contribution >= 0.6 is 11.8 Å². The van der Waals surface area contributed by atoms with E-state index in [2.05, 4.69) is 28.3 Å².